The smallest absolute Gasteiger partial charge is 0.227 e. The third-order valence-electron chi connectivity index (χ3n) is 3.31. The van der Waals surface area contributed by atoms with E-state index >= 15 is 0 Å². The largest absolute Gasteiger partial charge is 0.326 e. The topological polar surface area (TPSA) is 76.7 Å². The van der Waals surface area contributed by atoms with E-state index in [1.165, 1.54) is 6.07 Å². The third-order valence-corrected chi connectivity index (χ3v) is 4.41. The quantitative estimate of drug-likeness (QED) is 0.765. The number of halogens is 1. The lowest BCUT2D eigenvalue weighted by Crippen LogP contribution is -2.02. The molecule has 0 fully saturated rings. The van der Waals surface area contributed by atoms with Crippen LogP contribution in [0.3, 0.4) is 0 Å². The van der Waals surface area contributed by atoms with Crippen LogP contribution in [0.5, 0.6) is 0 Å². The Kier molecular flexibility index (Phi) is 4.31. The molecular weight excluding hydrogens is 313 g/mol. The van der Waals surface area contributed by atoms with Crippen molar-refractivity contribution in [2.24, 2.45) is 5.73 Å². The van der Waals surface area contributed by atoms with Gasteiger partial charge >= 0.3 is 0 Å². The van der Waals surface area contributed by atoms with E-state index in [-0.39, 0.29) is 12.4 Å². The summed E-state index contributed by atoms with van der Waals surface area (Å²) in [6.45, 7) is 4.07. The molecular formula is C16H16FN5S. The molecule has 0 aliphatic rings. The molecule has 1 aromatic carbocycles. The molecule has 0 saturated heterocycles. The predicted octanol–water partition coefficient (Wildman–Crippen LogP) is 3.56. The Balaban J connectivity index is 1.90. The van der Waals surface area contributed by atoms with Crippen molar-refractivity contribution < 1.29 is 4.39 Å². The first-order valence-corrected chi connectivity index (χ1v) is 7.91. The molecule has 0 unspecified atom stereocenters. The monoisotopic (exact) mass is 329 g/mol. The van der Waals surface area contributed by atoms with Gasteiger partial charge in [-0.05, 0) is 38.1 Å². The van der Waals surface area contributed by atoms with Gasteiger partial charge in [0.2, 0.25) is 5.95 Å². The lowest BCUT2D eigenvalue weighted by atomic mass is 10.2. The SMILES string of the molecule is Cc1nc(C)c(-c2ccnc(Nc3ccc(F)c(CN)c3)n2)s1. The number of anilines is 2. The molecule has 3 N–H and O–H groups in total. The van der Waals surface area contributed by atoms with E-state index in [0.717, 1.165) is 21.3 Å². The van der Waals surface area contributed by atoms with Gasteiger partial charge in [0.25, 0.3) is 0 Å². The van der Waals surface area contributed by atoms with E-state index in [9.17, 15) is 4.39 Å². The fourth-order valence-electron chi connectivity index (χ4n) is 2.25. The summed E-state index contributed by atoms with van der Waals surface area (Å²) in [7, 11) is 0. The molecule has 0 amide bonds. The Bertz CT molecular complexity index is 846. The van der Waals surface area contributed by atoms with Gasteiger partial charge in [0.05, 0.1) is 21.3 Å². The summed E-state index contributed by atoms with van der Waals surface area (Å²) in [5, 5.41) is 4.08. The van der Waals surface area contributed by atoms with Crippen LogP contribution in [0.25, 0.3) is 10.6 Å². The molecule has 0 radical (unpaired) electrons. The average Bonchev–Trinajstić information content (AvgIpc) is 2.88. The lowest BCUT2D eigenvalue weighted by Gasteiger charge is -2.08. The molecule has 0 bridgehead atoms. The first-order chi connectivity index (χ1) is 11.1. The van der Waals surface area contributed by atoms with Crippen LogP contribution in [-0.2, 0) is 6.54 Å². The standard InChI is InChI=1S/C16H16FN5S/c1-9-15(23-10(2)20-9)14-5-6-19-16(22-14)21-12-3-4-13(17)11(7-12)8-18/h3-7H,8,18H2,1-2H3,(H,19,21,22). The summed E-state index contributed by atoms with van der Waals surface area (Å²) in [6.07, 6.45) is 1.69. The minimum Gasteiger partial charge on any atom is -0.326 e. The van der Waals surface area contributed by atoms with Crippen molar-refractivity contribution >= 4 is 23.0 Å². The summed E-state index contributed by atoms with van der Waals surface area (Å²) < 4.78 is 13.5. The normalized spacial score (nSPS) is 10.8. The van der Waals surface area contributed by atoms with Gasteiger partial charge in [-0.2, -0.15) is 0 Å². The van der Waals surface area contributed by atoms with Crippen LogP contribution in [0, 0.1) is 19.7 Å². The summed E-state index contributed by atoms with van der Waals surface area (Å²) in [5.74, 6) is 0.131. The number of rotatable bonds is 4. The molecule has 2 heterocycles. The number of nitrogens with zero attached hydrogens (tertiary/aromatic N) is 3. The van der Waals surface area contributed by atoms with E-state index in [0.29, 0.717) is 17.2 Å². The van der Waals surface area contributed by atoms with Gasteiger partial charge in [0.15, 0.2) is 0 Å². The van der Waals surface area contributed by atoms with E-state index in [1.807, 2.05) is 19.9 Å². The van der Waals surface area contributed by atoms with Crippen molar-refractivity contribution in [3.05, 3.63) is 52.5 Å². The van der Waals surface area contributed by atoms with Crippen molar-refractivity contribution in [2.45, 2.75) is 20.4 Å². The highest BCUT2D eigenvalue weighted by Crippen LogP contribution is 2.28. The second-order valence-electron chi connectivity index (χ2n) is 5.05. The number of aromatic nitrogens is 3. The third kappa shape index (κ3) is 3.35. The Morgan fingerprint density at radius 3 is 2.74 bits per heavy atom. The molecule has 5 nitrogen and oxygen atoms in total. The van der Waals surface area contributed by atoms with Crippen molar-refractivity contribution in [2.75, 3.05) is 5.32 Å². The van der Waals surface area contributed by atoms with Crippen LogP contribution in [0.1, 0.15) is 16.3 Å². The van der Waals surface area contributed by atoms with Gasteiger partial charge in [-0.25, -0.2) is 19.3 Å². The molecule has 118 valence electrons. The number of hydrogen-bond acceptors (Lipinski definition) is 6. The maximum atomic E-state index is 13.5. The number of hydrogen-bond donors (Lipinski definition) is 2. The van der Waals surface area contributed by atoms with Crippen LogP contribution in [-0.4, -0.2) is 15.0 Å². The Labute approximate surface area is 137 Å². The minimum absolute atomic E-state index is 0.140. The number of nitrogens with one attached hydrogen (secondary N) is 1. The average molecular weight is 329 g/mol. The predicted molar refractivity (Wildman–Crippen MR) is 90.2 cm³/mol. The molecule has 0 atom stereocenters. The van der Waals surface area contributed by atoms with E-state index in [1.54, 1.807) is 29.7 Å². The van der Waals surface area contributed by atoms with Gasteiger partial charge in [0, 0.05) is 24.0 Å². The first kappa shape index (κ1) is 15.5. The Morgan fingerprint density at radius 1 is 1.22 bits per heavy atom. The summed E-state index contributed by atoms with van der Waals surface area (Å²) in [4.78, 5) is 14.2. The summed E-state index contributed by atoms with van der Waals surface area (Å²) in [5.41, 5.74) is 8.43. The van der Waals surface area contributed by atoms with Crippen LogP contribution in [0.2, 0.25) is 0 Å². The summed E-state index contributed by atoms with van der Waals surface area (Å²) >= 11 is 1.60. The number of thiazole rings is 1. The van der Waals surface area contributed by atoms with Crippen LogP contribution in [0.4, 0.5) is 16.0 Å². The van der Waals surface area contributed by atoms with Crippen molar-refractivity contribution in [1.29, 1.82) is 0 Å². The maximum Gasteiger partial charge on any atom is 0.227 e. The van der Waals surface area contributed by atoms with Gasteiger partial charge in [0.1, 0.15) is 5.82 Å². The zero-order valence-electron chi connectivity index (χ0n) is 12.8. The molecule has 2 aromatic heterocycles. The maximum absolute atomic E-state index is 13.5. The van der Waals surface area contributed by atoms with E-state index < -0.39 is 0 Å². The van der Waals surface area contributed by atoms with Crippen molar-refractivity contribution in [1.82, 2.24) is 15.0 Å². The molecule has 0 saturated carbocycles. The van der Waals surface area contributed by atoms with Crippen LogP contribution >= 0.6 is 11.3 Å². The Hall–Kier alpha value is -2.38. The lowest BCUT2D eigenvalue weighted by molar-refractivity contribution is 0.611. The highest BCUT2D eigenvalue weighted by Gasteiger charge is 2.10. The second kappa shape index (κ2) is 6.39. The van der Waals surface area contributed by atoms with Gasteiger partial charge in [-0.15, -0.1) is 11.3 Å². The molecule has 23 heavy (non-hydrogen) atoms. The minimum atomic E-state index is -0.316. The molecule has 3 rings (SSSR count). The van der Waals surface area contributed by atoms with E-state index in [4.69, 9.17) is 5.73 Å². The molecule has 0 aliphatic carbocycles. The summed E-state index contributed by atoms with van der Waals surface area (Å²) in [6, 6.07) is 6.52. The fourth-order valence-corrected chi connectivity index (χ4v) is 3.14. The van der Waals surface area contributed by atoms with Gasteiger partial charge in [-0.1, -0.05) is 0 Å². The van der Waals surface area contributed by atoms with E-state index in [2.05, 4.69) is 20.3 Å². The molecule has 0 spiro atoms. The van der Waals surface area contributed by atoms with Crippen LogP contribution in [0.15, 0.2) is 30.5 Å². The second-order valence-corrected chi connectivity index (χ2v) is 6.25. The van der Waals surface area contributed by atoms with Crippen molar-refractivity contribution in [3.63, 3.8) is 0 Å². The van der Waals surface area contributed by atoms with Gasteiger partial charge < -0.3 is 11.1 Å². The molecule has 0 aliphatic heterocycles. The van der Waals surface area contributed by atoms with Gasteiger partial charge in [-0.3, -0.25) is 0 Å². The molecule has 3 aromatic rings. The highest BCUT2D eigenvalue weighted by atomic mass is 32.1. The Morgan fingerprint density at radius 2 is 2.04 bits per heavy atom. The fraction of sp³-hybridized carbons (Fsp3) is 0.188. The first-order valence-electron chi connectivity index (χ1n) is 7.10. The zero-order valence-corrected chi connectivity index (χ0v) is 13.6. The van der Waals surface area contributed by atoms with Crippen LogP contribution < -0.4 is 11.1 Å². The molecule has 7 heteroatoms. The van der Waals surface area contributed by atoms with Crippen molar-refractivity contribution in [3.8, 4) is 10.6 Å². The highest BCUT2D eigenvalue weighted by molar-refractivity contribution is 7.15. The number of nitrogens with two attached hydrogens (primary N) is 1. The zero-order chi connectivity index (χ0) is 16.4. The number of benzene rings is 1. The number of aryl methyl sites for hydroxylation is 2.